The minimum atomic E-state index is -4.75. The van der Waals surface area contributed by atoms with Gasteiger partial charge < -0.3 is 4.74 Å². The maximum Gasteiger partial charge on any atom is 0.420 e. The standard InChI is InChI=1S/C9H5F6IO/c1-17-7-5(9(13,14)15)3-2-4(6(7)16)8(10,11)12/h2-3H,1H3. The van der Waals surface area contributed by atoms with Gasteiger partial charge in [-0.05, 0) is 34.7 Å². The Hall–Kier alpha value is -0.670. The summed E-state index contributed by atoms with van der Waals surface area (Å²) in [7, 11) is 0.896. The van der Waals surface area contributed by atoms with Crippen LogP contribution >= 0.6 is 22.6 Å². The summed E-state index contributed by atoms with van der Waals surface area (Å²) in [5.41, 5.74) is -2.37. The van der Waals surface area contributed by atoms with Crippen LogP contribution < -0.4 is 4.74 Å². The van der Waals surface area contributed by atoms with Crippen LogP contribution in [0.15, 0.2) is 12.1 Å². The molecule has 0 heterocycles. The van der Waals surface area contributed by atoms with Gasteiger partial charge in [-0.2, -0.15) is 26.3 Å². The molecule has 96 valence electrons. The van der Waals surface area contributed by atoms with Gasteiger partial charge >= 0.3 is 12.4 Å². The lowest BCUT2D eigenvalue weighted by Crippen LogP contribution is -2.13. The molecule has 0 radical (unpaired) electrons. The molecule has 0 spiro atoms. The van der Waals surface area contributed by atoms with E-state index in [0.29, 0.717) is 12.1 Å². The zero-order chi connectivity index (χ0) is 13.4. The molecule has 0 aromatic heterocycles. The monoisotopic (exact) mass is 370 g/mol. The van der Waals surface area contributed by atoms with Gasteiger partial charge in [-0.15, -0.1) is 0 Å². The van der Waals surface area contributed by atoms with Crippen molar-refractivity contribution in [1.29, 1.82) is 0 Å². The molecule has 0 aliphatic heterocycles. The topological polar surface area (TPSA) is 9.23 Å². The second-order valence-electron chi connectivity index (χ2n) is 3.00. The van der Waals surface area contributed by atoms with Gasteiger partial charge in [0, 0.05) is 0 Å². The SMILES string of the molecule is COc1c(C(F)(F)F)ccc(C(F)(F)F)c1I. The molecule has 1 aromatic carbocycles. The third-order valence-electron chi connectivity index (χ3n) is 1.91. The van der Waals surface area contributed by atoms with E-state index in [9.17, 15) is 26.3 Å². The predicted molar refractivity (Wildman–Crippen MR) is 55.7 cm³/mol. The zero-order valence-corrected chi connectivity index (χ0v) is 10.4. The molecule has 0 amide bonds. The molecule has 0 unspecified atom stereocenters. The van der Waals surface area contributed by atoms with Gasteiger partial charge in [0.1, 0.15) is 5.75 Å². The van der Waals surface area contributed by atoms with Crippen molar-refractivity contribution in [2.24, 2.45) is 0 Å². The Morgan fingerprint density at radius 1 is 0.941 bits per heavy atom. The van der Waals surface area contributed by atoms with Crippen LogP contribution in [0.3, 0.4) is 0 Å². The molecule has 1 rings (SSSR count). The number of hydrogen-bond acceptors (Lipinski definition) is 1. The van der Waals surface area contributed by atoms with Crippen LogP contribution in [-0.4, -0.2) is 7.11 Å². The molecule has 0 aliphatic rings. The van der Waals surface area contributed by atoms with Gasteiger partial charge in [0.05, 0.1) is 21.8 Å². The summed E-state index contributed by atoms with van der Waals surface area (Å²) in [4.78, 5) is 0. The fraction of sp³-hybridized carbons (Fsp3) is 0.333. The molecule has 0 saturated carbocycles. The summed E-state index contributed by atoms with van der Waals surface area (Å²) in [5.74, 6) is -0.812. The molecule has 1 aromatic rings. The highest BCUT2D eigenvalue weighted by atomic mass is 127. The highest BCUT2D eigenvalue weighted by molar-refractivity contribution is 14.1. The molecule has 0 aliphatic carbocycles. The highest BCUT2D eigenvalue weighted by Crippen LogP contribution is 2.43. The van der Waals surface area contributed by atoms with E-state index in [4.69, 9.17) is 0 Å². The largest absolute Gasteiger partial charge is 0.495 e. The van der Waals surface area contributed by atoms with Crippen LogP contribution in [0, 0.1) is 3.57 Å². The van der Waals surface area contributed by atoms with Gasteiger partial charge in [0.25, 0.3) is 0 Å². The lowest BCUT2D eigenvalue weighted by Gasteiger charge is -2.17. The summed E-state index contributed by atoms with van der Waals surface area (Å²) in [6.45, 7) is 0. The summed E-state index contributed by atoms with van der Waals surface area (Å²) >= 11 is 1.19. The third-order valence-corrected chi connectivity index (χ3v) is 2.98. The van der Waals surface area contributed by atoms with Gasteiger partial charge in [0.2, 0.25) is 0 Å². The van der Waals surface area contributed by atoms with E-state index in [0.717, 1.165) is 7.11 Å². The van der Waals surface area contributed by atoms with Crippen molar-refractivity contribution in [3.8, 4) is 5.75 Å². The van der Waals surface area contributed by atoms with Crippen LogP contribution in [0.1, 0.15) is 11.1 Å². The third kappa shape index (κ3) is 2.96. The highest BCUT2D eigenvalue weighted by Gasteiger charge is 2.40. The number of benzene rings is 1. The van der Waals surface area contributed by atoms with Crippen LogP contribution in [0.5, 0.6) is 5.75 Å². The van der Waals surface area contributed by atoms with Gasteiger partial charge in [0.15, 0.2) is 0 Å². The number of halogens is 7. The Balaban J connectivity index is 3.49. The fourth-order valence-electron chi connectivity index (χ4n) is 1.20. The van der Waals surface area contributed by atoms with E-state index >= 15 is 0 Å². The summed E-state index contributed by atoms with van der Waals surface area (Å²) < 4.78 is 78.6. The number of hydrogen-bond donors (Lipinski definition) is 0. The smallest absolute Gasteiger partial charge is 0.420 e. The van der Waals surface area contributed by atoms with Crippen molar-refractivity contribution in [3.05, 3.63) is 26.8 Å². The molecule has 0 atom stereocenters. The first kappa shape index (κ1) is 14.4. The van der Waals surface area contributed by atoms with E-state index in [-0.39, 0.29) is 0 Å². The number of alkyl halides is 6. The first-order valence-electron chi connectivity index (χ1n) is 4.10. The van der Waals surface area contributed by atoms with E-state index in [2.05, 4.69) is 4.74 Å². The van der Waals surface area contributed by atoms with Gasteiger partial charge in [-0.1, -0.05) is 0 Å². The Bertz CT molecular complexity index is 423. The Morgan fingerprint density at radius 2 is 1.35 bits per heavy atom. The van der Waals surface area contributed by atoms with Crippen molar-refractivity contribution >= 4 is 22.6 Å². The summed E-state index contributed by atoms with van der Waals surface area (Å²) in [6.07, 6.45) is -9.47. The molecular weight excluding hydrogens is 365 g/mol. The van der Waals surface area contributed by atoms with Crippen LogP contribution in [0.4, 0.5) is 26.3 Å². The molecule has 1 nitrogen and oxygen atoms in total. The maximum atomic E-state index is 12.5. The quantitative estimate of drug-likeness (QED) is 0.528. The van der Waals surface area contributed by atoms with E-state index in [1.807, 2.05) is 0 Å². The fourth-order valence-corrected chi connectivity index (χ4v) is 2.19. The van der Waals surface area contributed by atoms with Crippen molar-refractivity contribution in [2.75, 3.05) is 7.11 Å². The van der Waals surface area contributed by atoms with Gasteiger partial charge in [-0.3, -0.25) is 0 Å². The Kier molecular flexibility index (Phi) is 3.84. The molecule has 0 fully saturated rings. The molecule has 8 heteroatoms. The maximum absolute atomic E-state index is 12.5. The zero-order valence-electron chi connectivity index (χ0n) is 8.21. The average Bonchev–Trinajstić information content (AvgIpc) is 2.13. The molecule has 0 saturated heterocycles. The van der Waals surface area contributed by atoms with E-state index in [1.165, 1.54) is 22.6 Å². The van der Waals surface area contributed by atoms with E-state index in [1.54, 1.807) is 0 Å². The second kappa shape index (κ2) is 4.54. The van der Waals surface area contributed by atoms with Gasteiger partial charge in [-0.25, -0.2) is 0 Å². The molecule has 0 N–H and O–H groups in total. The lowest BCUT2D eigenvalue weighted by molar-refractivity contribution is -0.142. The minimum Gasteiger partial charge on any atom is -0.495 e. The average molecular weight is 370 g/mol. The summed E-state index contributed by atoms with van der Waals surface area (Å²) in [5, 5.41) is 0. The van der Waals surface area contributed by atoms with Crippen molar-refractivity contribution in [1.82, 2.24) is 0 Å². The van der Waals surface area contributed by atoms with Crippen molar-refractivity contribution in [2.45, 2.75) is 12.4 Å². The number of methoxy groups -OCH3 is 1. The molecule has 0 bridgehead atoms. The van der Waals surface area contributed by atoms with Crippen LogP contribution in [0.25, 0.3) is 0 Å². The predicted octanol–water partition coefficient (Wildman–Crippen LogP) is 4.34. The number of ether oxygens (including phenoxy) is 1. The minimum absolute atomic E-state index is 0.365. The molecular formula is C9H5F6IO. The normalized spacial score (nSPS) is 12.7. The van der Waals surface area contributed by atoms with Crippen molar-refractivity contribution < 1.29 is 31.1 Å². The number of rotatable bonds is 1. The van der Waals surface area contributed by atoms with Crippen molar-refractivity contribution in [3.63, 3.8) is 0 Å². The van der Waals surface area contributed by atoms with Crippen LogP contribution in [-0.2, 0) is 12.4 Å². The van der Waals surface area contributed by atoms with Crippen LogP contribution in [0.2, 0.25) is 0 Å². The summed E-state index contributed by atoms with van der Waals surface area (Å²) in [6, 6.07) is 0.761. The lowest BCUT2D eigenvalue weighted by atomic mass is 10.1. The first-order valence-corrected chi connectivity index (χ1v) is 5.17. The second-order valence-corrected chi connectivity index (χ2v) is 4.08. The van der Waals surface area contributed by atoms with E-state index < -0.39 is 32.8 Å². The Labute approximate surface area is 106 Å². The first-order chi connectivity index (χ1) is 7.59. The Morgan fingerprint density at radius 3 is 1.71 bits per heavy atom. The molecule has 17 heavy (non-hydrogen) atoms.